The molecule has 0 saturated carbocycles. The molecule has 7 nitrogen and oxygen atoms in total. The molecule has 0 spiro atoms. The largest absolute Gasteiger partial charge is 0.497 e. The maximum absolute atomic E-state index is 13.5. The van der Waals surface area contributed by atoms with Crippen LogP contribution in [0.4, 0.5) is 11.4 Å². The fraction of sp³-hybridized carbons (Fsp3) is 0.185. The number of amides is 1. The quantitative estimate of drug-likeness (QED) is 0.352. The molecule has 8 heteroatoms. The van der Waals surface area contributed by atoms with E-state index in [-0.39, 0.29) is 18.0 Å². The molecule has 0 atom stereocenters. The van der Waals surface area contributed by atoms with E-state index in [0.717, 1.165) is 22.4 Å². The van der Waals surface area contributed by atoms with Crippen LogP contribution < -0.4 is 25.7 Å². The summed E-state index contributed by atoms with van der Waals surface area (Å²) in [5.41, 5.74) is 3.21. The predicted molar refractivity (Wildman–Crippen MR) is 140 cm³/mol. The highest BCUT2D eigenvalue weighted by Gasteiger charge is 2.14. The Bertz CT molecular complexity index is 1430. The van der Waals surface area contributed by atoms with Gasteiger partial charge in [-0.05, 0) is 72.5 Å². The number of nitrogens with zero attached hydrogens (tertiary/aromatic N) is 1. The van der Waals surface area contributed by atoms with Crippen molar-refractivity contribution < 1.29 is 14.3 Å². The molecule has 0 aliphatic rings. The normalized spacial score (nSPS) is 10.7. The third kappa shape index (κ3) is 5.58. The van der Waals surface area contributed by atoms with Gasteiger partial charge in [0.15, 0.2) is 0 Å². The predicted octanol–water partition coefficient (Wildman–Crippen LogP) is 5.23. The maximum atomic E-state index is 13.5. The minimum atomic E-state index is -0.337. The van der Waals surface area contributed by atoms with E-state index in [2.05, 4.69) is 10.6 Å². The zero-order valence-corrected chi connectivity index (χ0v) is 20.5. The highest BCUT2D eigenvalue weighted by molar-refractivity contribution is 6.31. The average molecular weight is 492 g/mol. The second kappa shape index (κ2) is 10.5. The van der Waals surface area contributed by atoms with Gasteiger partial charge in [-0.25, -0.2) is 0 Å². The summed E-state index contributed by atoms with van der Waals surface area (Å²) in [4.78, 5) is 26.4. The summed E-state index contributed by atoms with van der Waals surface area (Å²) in [7, 11) is 3.17. The minimum Gasteiger partial charge on any atom is -0.497 e. The van der Waals surface area contributed by atoms with Gasteiger partial charge in [-0.1, -0.05) is 17.7 Å². The number of hydrogen-bond donors (Lipinski definition) is 2. The first-order chi connectivity index (χ1) is 16.9. The van der Waals surface area contributed by atoms with Gasteiger partial charge in [0.25, 0.3) is 5.56 Å². The number of anilines is 2. The van der Waals surface area contributed by atoms with Gasteiger partial charge >= 0.3 is 0 Å². The van der Waals surface area contributed by atoms with Gasteiger partial charge in [0, 0.05) is 34.6 Å². The number of pyridine rings is 1. The van der Waals surface area contributed by atoms with Crippen LogP contribution >= 0.6 is 11.6 Å². The van der Waals surface area contributed by atoms with E-state index in [1.54, 1.807) is 32.4 Å². The van der Waals surface area contributed by atoms with Crippen LogP contribution in [-0.4, -0.2) is 24.7 Å². The number of methoxy groups -OCH3 is 2. The number of benzene rings is 3. The SMILES string of the molecule is COc1ccc(NCc2cc3ccc(OC)cc3n(CC(=O)Nc3ccc(C)c(Cl)c3)c2=O)cc1. The summed E-state index contributed by atoms with van der Waals surface area (Å²) in [5.74, 6) is 1.01. The Balaban J connectivity index is 1.64. The third-order valence-electron chi connectivity index (χ3n) is 5.71. The first kappa shape index (κ1) is 24.2. The summed E-state index contributed by atoms with van der Waals surface area (Å²) in [5, 5.41) is 7.47. The summed E-state index contributed by atoms with van der Waals surface area (Å²) >= 11 is 6.18. The number of ether oxygens (including phenoxy) is 2. The molecule has 0 bridgehead atoms. The minimum absolute atomic E-state index is 0.162. The molecule has 0 aliphatic heterocycles. The molecular formula is C27H26ClN3O4. The first-order valence-corrected chi connectivity index (χ1v) is 11.4. The van der Waals surface area contributed by atoms with Crippen LogP contribution in [0.2, 0.25) is 5.02 Å². The number of aryl methyl sites for hydroxylation is 1. The van der Waals surface area contributed by atoms with Gasteiger partial charge in [-0.2, -0.15) is 0 Å². The Kier molecular flexibility index (Phi) is 7.27. The molecule has 1 amide bonds. The lowest BCUT2D eigenvalue weighted by Gasteiger charge is -2.15. The van der Waals surface area contributed by atoms with Crippen LogP contribution in [0.1, 0.15) is 11.1 Å². The Hall–Kier alpha value is -3.97. The van der Waals surface area contributed by atoms with Crippen LogP contribution in [0.3, 0.4) is 0 Å². The molecule has 0 aliphatic carbocycles. The lowest BCUT2D eigenvalue weighted by molar-refractivity contribution is -0.116. The van der Waals surface area contributed by atoms with E-state index in [1.165, 1.54) is 4.57 Å². The molecule has 0 saturated heterocycles. The van der Waals surface area contributed by atoms with Gasteiger partial charge in [0.05, 0.1) is 19.7 Å². The van der Waals surface area contributed by atoms with Crippen LogP contribution in [-0.2, 0) is 17.9 Å². The van der Waals surface area contributed by atoms with Crippen molar-refractivity contribution in [2.75, 3.05) is 24.9 Å². The van der Waals surface area contributed by atoms with Crippen molar-refractivity contribution in [2.45, 2.75) is 20.0 Å². The Labute approximate surface area is 208 Å². The van der Waals surface area contributed by atoms with E-state index in [9.17, 15) is 9.59 Å². The van der Waals surface area contributed by atoms with Crippen LogP contribution in [0, 0.1) is 6.92 Å². The lowest BCUT2D eigenvalue weighted by atomic mass is 10.1. The first-order valence-electron chi connectivity index (χ1n) is 11.0. The number of carbonyl (C=O) groups excluding carboxylic acids is 1. The molecule has 1 heterocycles. The van der Waals surface area contributed by atoms with Gasteiger partial charge in [0.2, 0.25) is 5.91 Å². The number of carbonyl (C=O) groups is 1. The number of rotatable bonds is 8. The molecule has 4 aromatic rings. The smallest absolute Gasteiger partial charge is 0.256 e. The summed E-state index contributed by atoms with van der Waals surface area (Å²) in [6, 6.07) is 20.0. The van der Waals surface area contributed by atoms with Crippen molar-refractivity contribution in [1.29, 1.82) is 0 Å². The third-order valence-corrected chi connectivity index (χ3v) is 6.12. The standard InChI is InChI=1S/C27H26ClN3O4/c1-17-4-6-21(13-24(17)28)30-26(32)16-31-25-14-23(35-3)9-5-18(25)12-19(27(31)33)15-29-20-7-10-22(34-2)11-8-20/h4-14,29H,15-16H2,1-3H3,(H,30,32). The van der Waals surface area contributed by atoms with Crippen molar-refractivity contribution in [3.63, 3.8) is 0 Å². The summed E-state index contributed by atoms with van der Waals surface area (Å²) in [6.45, 7) is 2.02. The van der Waals surface area contributed by atoms with E-state index in [4.69, 9.17) is 21.1 Å². The van der Waals surface area contributed by atoms with E-state index in [0.29, 0.717) is 34.1 Å². The van der Waals surface area contributed by atoms with E-state index in [1.807, 2.05) is 55.5 Å². The monoisotopic (exact) mass is 491 g/mol. The molecule has 35 heavy (non-hydrogen) atoms. The second-order valence-corrected chi connectivity index (χ2v) is 8.49. The Morgan fingerprint density at radius 1 is 0.914 bits per heavy atom. The van der Waals surface area contributed by atoms with Crippen LogP contribution in [0.25, 0.3) is 10.9 Å². The number of halogens is 1. The van der Waals surface area contributed by atoms with Crippen molar-refractivity contribution in [3.05, 3.63) is 93.2 Å². The Morgan fingerprint density at radius 3 is 2.29 bits per heavy atom. The van der Waals surface area contributed by atoms with Crippen LogP contribution in [0.15, 0.2) is 71.5 Å². The fourth-order valence-corrected chi connectivity index (χ4v) is 3.92. The molecule has 4 rings (SSSR count). The highest BCUT2D eigenvalue weighted by atomic mass is 35.5. The molecule has 0 unspecified atom stereocenters. The van der Waals surface area contributed by atoms with Gasteiger partial charge < -0.3 is 20.1 Å². The number of nitrogens with one attached hydrogen (secondary N) is 2. The van der Waals surface area contributed by atoms with Crippen molar-refractivity contribution in [1.82, 2.24) is 4.57 Å². The molecule has 0 radical (unpaired) electrons. The molecule has 180 valence electrons. The fourth-order valence-electron chi connectivity index (χ4n) is 3.74. The van der Waals surface area contributed by atoms with Crippen molar-refractivity contribution in [3.8, 4) is 11.5 Å². The van der Waals surface area contributed by atoms with Gasteiger partial charge in [-0.15, -0.1) is 0 Å². The zero-order valence-electron chi connectivity index (χ0n) is 19.7. The second-order valence-electron chi connectivity index (χ2n) is 8.08. The molecule has 3 aromatic carbocycles. The molecular weight excluding hydrogens is 466 g/mol. The van der Waals surface area contributed by atoms with E-state index >= 15 is 0 Å². The Morgan fingerprint density at radius 2 is 1.60 bits per heavy atom. The molecule has 2 N–H and O–H groups in total. The lowest BCUT2D eigenvalue weighted by Crippen LogP contribution is -2.30. The zero-order chi connectivity index (χ0) is 24.9. The summed E-state index contributed by atoms with van der Waals surface area (Å²) in [6.07, 6.45) is 0. The van der Waals surface area contributed by atoms with Crippen LogP contribution in [0.5, 0.6) is 11.5 Å². The topological polar surface area (TPSA) is 81.6 Å². The number of aromatic nitrogens is 1. The van der Waals surface area contributed by atoms with Gasteiger partial charge in [0.1, 0.15) is 18.0 Å². The number of fused-ring (bicyclic) bond motifs is 1. The van der Waals surface area contributed by atoms with Crippen molar-refractivity contribution in [2.24, 2.45) is 0 Å². The maximum Gasteiger partial charge on any atom is 0.256 e. The van der Waals surface area contributed by atoms with Crippen molar-refractivity contribution >= 4 is 39.8 Å². The average Bonchev–Trinajstić information content (AvgIpc) is 2.87. The summed E-state index contributed by atoms with van der Waals surface area (Å²) < 4.78 is 12.0. The highest BCUT2D eigenvalue weighted by Crippen LogP contribution is 2.23. The van der Waals surface area contributed by atoms with Gasteiger partial charge in [-0.3, -0.25) is 14.2 Å². The molecule has 0 fully saturated rings. The molecule has 1 aromatic heterocycles. The number of hydrogen-bond acceptors (Lipinski definition) is 5. The van der Waals surface area contributed by atoms with E-state index < -0.39 is 0 Å².